The molecule has 1 nitrogen and oxygen atoms in total. The molecule has 0 bridgehead atoms. The fourth-order valence-electron chi connectivity index (χ4n) is 3.04. The second-order valence-corrected chi connectivity index (χ2v) is 6.48. The topological polar surface area (TPSA) is 17.1 Å². The van der Waals surface area contributed by atoms with Crippen LogP contribution in [0.25, 0.3) is 0 Å². The molecule has 0 amide bonds. The quantitative estimate of drug-likeness (QED) is 0.277. The van der Waals surface area contributed by atoms with E-state index >= 15 is 0 Å². The number of unbranched alkanes of at least 4 members (excludes halogenated alkanes) is 10. The van der Waals surface area contributed by atoms with E-state index in [2.05, 4.69) is 19.1 Å². The average molecular weight is 303 g/mol. The normalized spacial score (nSPS) is 12.2. The Morgan fingerprint density at radius 2 is 1.27 bits per heavy atom. The van der Waals surface area contributed by atoms with Crippen LogP contribution in [-0.2, 0) is 4.79 Å². The van der Waals surface area contributed by atoms with Crippen LogP contribution in [0.3, 0.4) is 0 Å². The summed E-state index contributed by atoms with van der Waals surface area (Å²) in [5.41, 5.74) is 1.17. The van der Waals surface area contributed by atoms with Crippen molar-refractivity contribution in [2.75, 3.05) is 0 Å². The summed E-state index contributed by atoms with van der Waals surface area (Å²) in [5, 5.41) is 0. The molecule has 0 saturated carbocycles. The molecule has 1 aromatic rings. The van der Waals surface area contributed by atoms with E-state index in [0.717, 1.165) is 12.7 Å². The van der Waals surface area contributed by atoms with Gasteiger partial charge >= 0.3 is 0 Å². The number of hydrogen-bond acceptors (Lipinski definition) is 1. The largest absolute Gasteiger partial charge is 0.303 e. The van der Waals surface area contributed by atoms with Crippen LogP contribution in [0.15, 0.2) is 30.3 Å². The fourth-order valence-corrected chi connectivity index (χ4v) is 3.04. The maximum atomic E-state index is 11.2. The lowest BCUT2D eigenvalue weighted by atomic mass is 9.94. The van der Waals surface area contributed by atoms with Crippen LogP contribution < -0.4 is 0 Å². The summed E-state index contributed by atoms with van der Waals surface area (Å²) in [6.45, 7) is 2.27. The van der Waals surface area contributed by atoms with Gasteiger partial charge in [-0.1, -0.05) is 108 Å². The minimum Gasteiger partial charge on any atom is -0.303 e. The fraction of sp³-hybridized carbons (Fsp3) is 0.667. The summed E-state index contributed by atoms with van der Waals surface area (Å²) < 4.78 is 0. The Kier molecular flexibility index (Phi) is 11.7. The van der Waals surface area contributed by atoms with Gasteiger partial charge in [-0.2, -0.15) is 0 Å². The molecule has 0 saturated heterocycles. The zero-order valence-corrected chi connectivity index (χ0v) is 14.4. The lowest BCUT2D eigenvalue weighted by molar-refractivity contribution is -0.109. The maximum Gasteiger partial charge on any atom is 0.127 e. The Labute approximate surface area is 137 Å². The van der Waals surface area contributed by atoms with E-state index in [0.29, 0.717) is 0 Å². The van der Waals surface area contributed by atoms with Crippen molar-refractivity contribution in [3.63, 3.8) is 0 Å². The van der Waals surface area contributed by atoms with Gasteiger partial charge in [0, 0.05) is 5.92 Å². The molecule has 1 unspecified atom stereocenters. The number of hydrogen-bond donors (Lipinski definition) is 0. The molecule has 0 aliphatic rings. The van der Waals surface area contributed by atoms with Gasteiger partial charge in [-0.05, 0) is 12.0 Å². The number of carbonyl (C=O) groups is 1. The molecule has 1 heteroatoms. The molecule has 1 aromatic carbocycles. The zero-order valence-electron chi connectivity index (χ0n) is 14.4. The van der Waals surface area contributed by atoms with Crippen LogP contribution in [0, 0.1) is 0 Å². The molecule has 124 valence electrons. The van der Waals surface area contributed by atoms with Gasteiger partial charge in [0.05, 0.1) is 0 Å². The number of rotatable bonds is 14. The van der Waals surface area contributed by atoms with E-state index in [-0.39, 0.29) is 5.92 Å². The van der Waals surface area contributed by atoms with Gasteiger partial charge in [0.1, 0.15) is 6.29 Å². The first-order valence-electron chi connectivity index (χ1n) is 9.38. The average Bonchev–Trinajstić information content (AvgIpc) is 2.57. The standard InChI is InChI=1S/C21H34O/c1-2-3-4-5-6-7-8-9-10-11-13-18-21(19-22)20-16-14-12-15-17-20/h12,14-17,19,21H,2-11,13,18H2,1H3. The van der Waals surface area contributed by atoms with Crippen LogP contribution in [0.5, 0.6) is 0 Å². The van der Waals surface area contributed by atoms with Gasteiger partial charge in [-0.25, -0.2) is 0 Å². The van der Waals surface area contributed by atoms with Crippen molar-refractivity contribution in [1.29, 1.82) is 0 Å². The van der Waals surface area contributed by atoms with Gasteiger partial charge in [0.2, 0.25) is 0 Å². The van der Waals surface area contributed by atoms with E-state index in [1.807, 2.05) is 18.2 Å². The van der Waals surface area contributed by atoms with Crippen molar-refractivity contribution < 1.29 is 4.79 Å². The third-order valence-electron chi connectivity index (χ3n) is 4.51. The molecule has 0 aliphatic carbocycles. The van der Waals surface area contributed by atoms with Gasteiger partial charge in [-0.3, -0.25) is 0 Å². The summed E-state index contributed by atoms with van der Waals surface area (Å²) >= 11 is 0. The highest BCUT2D eigenvalue weighted by Gasteiger charge is 2.08. The van der Waals surface area contributed by atoms with Crippen molar-refractivity contribution in [2.24, 2.45) is 0 Å². The van der Waals surface area contributed by atoms with Crippen molar-refractivity contribution in [2.45, 2.75) is 89.9 Å². The van der Waals surface area contributed by atoms with Crippen LogP contribution in [0.2, 0.25) is 0 Å². The molecule has 0 heterocycles. The Hall–Kier alpha value is -1.11. The molecule has 0 fully saturated rings. The Balaban J connectivity index is 1.95. The first-order chi connectivity index (χ1) is 10.9. The number of carbonyl (C=O) groups excluding carboxylic acids is 1. The lowest BCUT2D eigenvalue weighted by Gasteiger charge is -2.10. The first kappa shape index (κ1) is 18.9. The molecule has 0 spiro atoms. The second kappa shape index (κ2) is 13.5. The highest BCUT2D eigenvalue weighted by atomic mass is 16.1. The molecule has 0 N–H and O–H groups in total. The Morgan fingerprint density at radius 1 is 0.773 bits per heavy atom. The third-order valence-corrected chi connectivity index (χ3v) is 4.51. The van der Waals surface area contributed by atoms with Crippen LogP contribution in [0.4, 0.5) is 0 Å². The SMILES string of the molecule is CCCCCCCCCCCCCC(C=O)c1ccccc1. The Bertz CT molecular complexity index is 357. The van der Waals surface area contributed by atoms with Crippen molar-refractivity contribution in [1.82, 2.24) is 0 Å². The van der Waals surface area contributed by atoms with E-state index in [1.54, 1.807) is 0 Å². The molecule has 1 atom stereocenters. The van der Waals surface area contributed by atoms with Gasteiger partial charge < -0.3 is 4.79 Å². The molecule has 0 radical (unpaired) electrons. The number of benzene rings is 1. The lowest BCUT2D eigenvalue weighted by Crippen LogP contribution is -2.00. The molecule has 0 aliphatic heterocycles. The number of aldehydes is 1. The predicted molar refractivity (Wildman–Crippen MR) is 96.3 cm³/mol. The zero-order chi connectivity index (χ0) is 15.9. The molecular formula is C21H34O. The van der Waals surface area contributed by atoms with Crippen LogP contribution in [0.1, 0.15) is 95.5 Å². The summed E-state index contributed by atoms with van der Waals surface area (Å²) in [7, 11) is 0. The molecule has 22 heavy (non-hydrogen) atoms. The van der Waals surface area contributed by atoms with Crippen LogP contribution >= 0.6 is 0 Å². The summed E-state index contributed by atoms with van der Waals surface area (Å²) in [6.07, 6.45) is 17.1. The maximum absolute atomic E-state index is 11.2. The second-order valence-electron chi connectivity index (χ2n) is 6.48. The minimum absolute atomic E-state index is 0.0970. The van der Waals surface area contributed by atoms with Gasteiger partial charge in [0.15, 0.2) is 0 Å². The predicted octanol–water partition coefficient (Wildman–Crippen LogP) is 6.67. The van der Waals surface area contributed by atoms with Crippen LogP contribution in [-0.4, -0.2) is 6.29 Å². The summed E-state index contributed by atoms with van der Waals surface area (Å²) in [5.74, 6) is 0.0970. The van der Waals surface area contributed by atoms with E-state index < -0.39 is 0 Å². The highest BCUT2D eigenvalue weighted by Crippen LogP contribution is 2.21. The highest BCUT2D eigenvalue weighted by molar-refractivity contribution is 5.61. The summed E-state index contributed by atoms with van der Waals surface area (Å²) in [4.78, 5) is 11.2. The monoisotopic (exact) mass is 302 g/mol. The van der Waals surface area contributed by atoms with E-state index in [4.69, 9.17) is 0 Å². The minimum atomic E-state index is 0.0970. The van der Waals surface area contributed by atoms with Crippen molar-refractivity contribution in [3.8, 4) is 0 Å². The van der Waals surface area contributed by atoms with Gasteiger partial charge in [0.25, 0.3) is 0 Å². The Morgan fingerprint density at radius 3 is 1.77 bits per heavy atom. The van der Waals surface area contributed by atoms with Crippen molar-refractivity contribution >= 4 is 6.29 Å². The van der Waals surface area contributed by atoms with E-state index in [1.165, 1.54) is 76.2 Å². The molecular weight excluding hydrogens is 268 g/mol. The first-order valence-corrected chi connectivity index (χ1v) is 9.38. The molecule has 1 rings (SSSR count). The van der Waals surface area contributed by atoms with Crippen molar-refractivity contribution in [3.05, 3.63) is 35.9 Å². The third kappa shape index (κ3) is 9.02. The summed E-state index contributed by atoms with van der Waals surface area (Å²) in [6, 6.07) is 10.2. The molecule has 0 aromatic heterocycles. The van der Waals surface area contributed by atoms with Gasteiger partial charge in [-0.15, -0.1) is 0 Å². The smallest absolute Gasteiger partial charge is 0.127 e. The van der Waals surface area contributed by atoms with E-state index in [9.17, 15) is 4.79 Å².